The molecular weight excluding hydrogens is 240 g/mol. The molecule has 0 atom stereocenters. The number of hydrogen-bond acceptors (Lipinski definition) is 3. The summed E-state index contributed by atoms with van der Waals surface area (Å²) in [4.78, 5) is 20.6. The molecule has 1 amide bonds. The zero-order chi connectivity index (χ0) is 13.3. The highest BCUT2D eigenvalue weighted by Gasteiger charge is 1.96. The first-order valence-corrected chi connectivity index (χ1v) is 5.89. The van der Waals surface area contributed by atoms with Crippen molar-refractivity contribution < 1.29 is 9.63 Å². The van der Waals surface area contributed by atoms with Crippen LogP contribution in [-0.2, 0) is 16.2 Å². The van der Waals surface area contributed by atoms with Crippen molar-refractivity contribution in [3.63, 3.8) is 0 Å². The van der Waals surface area contributed by atoms with Crippen LogP contribution in [0.5, 0.6) is 0 Å². The molecule has 4 nitrogen and oxygen atoms in total. The van der Waals surface area contributed by atoms with Gasteiger partial charge in [0, 0.05) is 12.3 Å². The van der Waals surface area contributed by atoms with Crippen LogP contribution in [-0.4, -0.2) is 10.9 Å². The van der Waals surface area contributed by atoms with Crippen LogP contribution in [0.1, 0.15) is 11.3 Å². The molecule has 0 unspecified atom stereocenters. The Bertz CT molecular complexity index is 539. The van der Waals surface area contributed by atoms with Crippen molar-refractivity contribution in [2.45, 2.75) is 6.61 Å². The van der Waals surface area contributed by atoms with E-state index in [2.05, 4.69) is 10.5 Å². The Balaban J connectivity index is 1.75. The highest BCUT2D eigenvalue weighted by Crippen LogP contribution is 1.99. The molecule has 96 valence electrons. The summed E-state index contributed by atoms with van der Waals surface area (Å²) in [5.74, 6) is -0.318. The highest BCUT2D eigenvalue weighted by molar-refractivity contribution is 5.90. The molecule has 0 aliphatic carbocycles. The lowest BCUT2D eigenvalue weighted by atomic mass is 10.2. The quantitative estimate of drug-likeness (QED) is 0.658. The Morgan fingerprint density at radius 2 is 1.95 bits per heavy atom. The van der Waals surface area contributed by atoms with Crippen molar-refractivity contribution in [2.75, 3.05) is 0 Å². The molecule has 2 rings (SSSR count). The lowest BCUT2D eigenvalue weighted by molar-refractivity contribution is -0.129. The van der Waals surface area contributed by atoms with Gasteiger partial charge in [-0.05, 0) is 23.8 Å². The first kappa shape index (κ1) is 13.0. The Kier molecular flexibility index (Phi) is 4.84. The summed E-state index contributed by atoms with van der Waals surface area (Å²) < 4.78 is 0. The summed E-state index contributed by atoms with van der Waals surface area (Å²) in [7, 11) is 0. The molecule has 0 aliphatic rings. The maximum Gasteiger partial charge on any atom is 0.267 e. The third-order valence-electron chi connectivity index (χ3n) is 2.35. The van der Waals surface area contributed by atoms with E-state index in [1.54, 1.807) is 12.3 Å². The van der Waals surface area contributed by atoms with Crippen LogP contribution in [0.3, 0.4) is 0 Å². The predicted molar refractivity (Wildman–Crippen MR) is 72.6 cm³/mol. The predicted octanol–water partition coefficient (Wildman–Crippen LogP) is 2.34. The third-order valence-corrected chi connectivity index (χ3v) is 2.35. The van der Waals surface area contributed by atoms with E-state index in [1.807, 2.05) is 48.5 Å². The van der Waals surface area contributed by atoms with Gasteiger partial charge in [0.2, 0.25) is 0 Å². The first-order valence-electron chi connectivity index (χ1n) is 5.89. The van der Waals surface area contributed by atoms with E-state index in [-0.39, 0.29) is 5.91 Å². The minimum absolute atomic E-state index is 0.318. The fraction of sp³-hybridized carbons (Fsp3) is 0.0667. The van der Waals surface area contributed by atoms with Crippen LogP contribution >= 0.6 is 0 Å². The Labute approximate surface area is 111 Å². The number of nitrogens with zero attached hydrogens (tertiary/aromatic N) is 1. The van der Waals surface area contributed by atoms with E-state index in [1.165, 1.54) is 6.08 Å². The van der Waals surface area contributed by atoms with Gasteiger partial charge in [-0.25, -0.2) is 5.48 Å². The Hall–Kier alpha value is -2.46. The standard InChI is InChI=1S/C15H14N2O2/c18-15(10-9-14-8-4-5-11-16-14)17-19-12-13-6-2-1-3-7-13/h1-11H,12H2,(H,17,18)/b10-9+. The molecule has 0 bridgehead atoms. The van der Waals surface area contributed by atoms with Gasteiger partial charge >= 0.3 is 0 Å². The molecule has 0 saturated heterocycles. The van der Waals surface area contributed by atoms with Gasteiger partial charge in [-0.1, -0.05) is 36.4 Å². The van der Waals surface area contributed by atoms with Crippen molar-refractivity contribution in [1.29, 1.82) is 0 Å². The smallest absolute Gasteiger partial charge is 0.267 e. The van der Waals surface area contributed by atoms with E-state index in [0.717, 1.165) is 11.3 Å². The van der Waals surface area contributed by atoms with Crippen molar-refractivity contribution in [2.24, 2.45) is 0 Å². The number of pyridine rings is 1. The molecule has 1 aromatic heterocycles. The average molecular weight is 254 g/mol. The maximum atomic E-state index is 11.5. The second-order valence-corrected chi connectivity index (χ2v) is 3.83. The summed E-state index contributed by atoms with van der Waals surface area (Å²) in [5.41, 5.74) is 4.07. The number of carbonyl (C=O) groups excluding carboxylic acids is 1. The molecule has 1 heterocycles. The number of aromatic nitrogens is 1. The van der Waals surface area contributed by atoms with Crippen LogP contribution < -0.4 is 5.48 Å². The van der Waals surface area contributed by atoms with Crippen molar-refractivity contribution in [1.82, 2.24) is 10.5 Å². The van der Waals surface area contributed by atoms with Crippen LogP contribution in [0.4, 0.5) is 0 Å². The average Bonchev–Trinajstić information content (AvgIpc) is 2.47. The summed E-state index contributed by atoms with van der Waals surface area (Å²) in [6, 6.07) is 15.1. The van der Waals surface area contributed by atoms with E-state index in [4.69, 9.17) is 4.84 Å². The van der Waals surface area contributed by atoms with E-state index >= 15 is 0 Å². The van der Waals surface area contributed by atoms with Gasteiger partial charge in [-0.2, -0.15) is 0 Å². The first-order chi connectivity index (χ1) is 9.34. The molecule has 1 N–H and O–H groups in total. The number of benzene rings is 1. The second kappa shape index (κ2) is 7.08. The number of hydrogen-bond donors (Lipinski definition) is 1. The zero-order valence-corrected chi connectivity index (χ0v) is 10.3. The Morgan fingerprint density at radius 3 is 2.68 bits per heavy atom. The van der Waals surface area contributed by atoms with Crippen LogP contribution in [0.25, 0.3) is 6.08 Å². The number of amides is 1. The number of carbonyl (C=O) groups is 1. The molecule has 0 fully saturated rings. The second-order valence-electron chi connectivity index (χ2n) is 3.83. The minimum atomic E-state index is -0.318. The van der Waals surface area contributed by atoms with Gasteiger partial charge in [0.1, 0.15) is 0 Å². The topological polar surface area (TPSA) is 51.2 Å². The lowest BCUT2D eigenvalue weighted by Gasteiger charge is -2.03. The van der Waals surface area contributed by atoms with Gasteiger partial charge in [0.15, 0.2) is 0 Å². The van der Waals surface area contributed by atoms with Crippen molar-refractivity contribution in [3.05, 3.63) is 72.1 Å². The van der Waals surface area contributed by atoms with Crippen LogP contribution in [0.2, 0.25) is 0 Å². The number of hydroxylamine groups is 1. The Morgan fingerprint density at radius 1 is 1.16 bits per heavy atom. The third kappa shape index (κ3) is 4.73. The summed E-state index contributed by atoms with van der Waals surface area (Å²) in [6.07, 6.45) is 4.68. The van der Waals surface area contributed by atoms with Gasteiger partial charge in [0.05, 0.1) is 12.3 Å². The van der Waals surface area contributed by atoms with Crippen molar-refractivity contribution in [3.8, 4) is 0 Å². The molecule has 0 saturated carbocycles. The SMILES string of the molecule is O=C(/C=C/c1ccccn1)NOCc1ccccc1. The van der Waals surface area contributed by atoms with E-state index in [9.17, 15) is 4.79 Å². The van der Waals surface area contributed by atoms with Gasteiger partial charge < -0.3 is 0 Å². The number of nitrogens with one attached hydrogen (secondary N) is 1. The molecular formula is C15H14N2O2. The fourth-order valence-corrected chi connectivity index (χ4v) is 1.43. The fourth-order valence-electron chi connectivity index (χ4n) is 1.43. The summed E-state index contributed by atoms with van der Waals surface area (Å²) in [6.45, 7) is 0.337. The van der Waals surface area contributed by atoms with Gasteiger partial charge in [-0.15, -0.1) is 0 Å². The molecule has 0 aliphatic heterocycles. The summed E-state index contributed by atoms with van der Waals surface area (Å²) in [5, 5.41) is 0. The van der Waals surface area contributed by atoms with Gasteiger partial charge in [-0.3, -0.25) is 14.6 Å². The molecule has 0 radical (unpaired) electrons. The number of rotatable bonds is 5. The van der Waals surface area contributed by atoms with E-state index < -0.39 is 0 Å². The lowest BCUT2D eigenvalue weighted by Crippen LogP contribution is -2.21. The summed E-state index contributed by atoms with van der Waals surface area (Å²) >= 11 is 0. The molecule has 2 aromatic rings. The van der Waals surface area contributed by atoms with E-state index in [0.29, 0.717) is 6.61 Å². The molecule has 19 heavy (non-hydrogen) atoms. The maximum absolute atomic E-state index is 11.5. The zero-order valence-electron chi connectivity index (χ0n) is 10.3. The molecule has 0 spiro atoms. The minimum Gasteiger partial charge on any atom is -0.269 e. The van der Waals surface area contributed by atoms with Crippen LogP contribution in [0.15, 0.2) is 60.8 Å². The van der Waals surface area contributed by atoms with Gasteiger partial charge in [0.25, 0.3) is 5.91 Å². The van der Waals surface area contributed by atoms with Crippen LogP contribution in [0, 0.1) is 0 Å². The monoisotopic (exact) mass is 254 g/mol. The molecule has 1 aromatic carbocycles. The normalized spacial score (nSPS) is 10.5. The molecule has 4 heteroatoms. The van der Waals surface area contributed by atoms with Crippen molar-refractivity contribution >= 4 is 12.0 Å². The largest absolute Gasteiger partial charge is 0.269 e. The highest BCUT2D eigenvalue weighted by atomic mass is 16.6.